The minimum absolute atomic E-state index is 0.142. The molecule has 2 amide bonds. The van der Waals surface area contributed by atoms with Crippen LogP contribution in [0.1, 0.15) is 52.6 Å². The molecule has 0 aromatic heterocycles. The Kier molecular flexibility index (Phi) is 7.23. The summed E-state index contributed by atoms with van der Waals surface area (Å²) in [6, 6.07) is 8.27. The molecule has 2 unspecified atom stereocenters. The molecule has 1 rings (SSSR count). The average molecular weight is 291 g/mol. The fraction of sp³-hybridized carbons (Fsp3) is 0.588. The Morgan fingerprint density at radius 2 is 1.90 bits per heavy atom. The van der Waals surface area contributed by atoms with Crippen LogP contribution in [-0.2, 0) is 0 Å². The first kappa shape index (κ1) is 17.5. The van der Waals surface area contributed by atoms with Gasteiger partial charge in [0.1, 0.15) is 0 Å². The fourth-order valence-electron chi connectivity index (χ4n) is 2.47. The van der Waals surface area contributed by atoms with Gasteiger partial charge in [-0.3, -0.25) is 0 Å². The quantitative estimate of drug-likeness (QED) is 0.713. The van der Waals surface area contributed by atoms with E-state index in [2.05, 4.69) is 49.7 Å². The Morgan fingerprint density at radius 3 is 2.52 bits per heavy atom. The van der Waals surface area contributed by atoms with Gasteiger partial charge in [-0.1, -0.05) is 32.9 Å². The van der Waals surface area contributed by atoms with Crippen molar-refractivity contribution >= 4 is 11.7 Å². The lowest BCUT2D eigenvalue weighted by Crippen LogP contribution is -2.36. The summed E-state index contributed by atoms with van der Waals surface area (Å²) in [5.74, 6) is 0.574. The van der Waals surface area contributed by atoms with Crippen LogP contribution in [0.2, 0.25) is 0 Å². The first-order valence-corrected chi connectivity index (χ1v) is 7.83. The highest BCUT2D eigenvalue weighted by Gasteiger charge is 2.10. The van der Waals surface area contributed by atoms with Crippen molar-refractivity contribution in [3.8, 4) is 0 Å². The minimum atomic E-state index is -0.142. The summed E-state index contributed by atoms with van der Waals surface area (Å²) in [4.78, 5) is 12.0. The zero-order valence-corrected chi connectivity index (χ0v) is 13.9. The normalized spacial score (nSPS) is 13.8. The van der Waals surface area contributed by atoms with E-state index >= 15 is 0 Å². The Labute approximate surface area is 128 Å². The van der Waals surface area contributed by atoms with Crippen molar-refractivity contribution in [3.05, 3.63) is 29.8 Å². The molecule has 0 aliphatic heterocycles. The second kappa shape index (κ2) is 8.67. The van der Waals surface area contributed by atoms with Crippen LogP contribution in [0.5, 0.6) is 0 Å². The first-order chi connectivity index (χ1) is 9.92. The number of carbonyl (C=O) groups is 1. The molecule has 0 radical (unpaired) electrons. The van der Waals surface area contributed by atoms with E-state index in [1.165, 1.54) is 5.56 Å². The zero-order chi connectivity index (χ0) is 15.8. The molecule has 0 bridgehead atoms. The van der Waals surface area contributed by atoms with Crippen LogP contribution < -0.4 is 16.0 Å². The molecule has 3 N–H and O–H groups in total. The Hall–Kier alpha value is -1.55. The maximum atomic E-state index is 12.0. The molecule has 0 fully saturated rings. The van der Waals surface area contributed by atoms with E-state index in [-0.39, 0.29) is 18.1 Å². The summed E-state index contributed by atoms with van der Waals surface area (Å²) >= 11 is 0. The zero-order valence-electron chi connectivity index (χ0n) is 13.9. The molecule has 0 heterocycles. The summed E-state index contributed by atoms with van der Waals surface area (Å²) < 4.78 is 0. The van der Waals surface area contributed by atoms with Gasteiger partial charge in [-0.05, 0) is 50.4 Å². The Balaban J connectivity index is 2.58. The number of nitrogens with one attached hydrogen (secondary N) is 3. The largest absolute Gasteiger partial charge is 0.335 e. The summed E-state index contributed by atoms with van der Waals surface area (Å²) in [5.41, 5.74) is 2.00. The van der Waals surface area contributed by atoms with E-state index < -0.39 is 0 Å². The SMILES string of the molecule is CCNC(C)c1cccc(NC(=O)NC(C)CC(C)C)c1. The predicted octanol–water partition coefficient (Wildman–Crippen LogP) is 3.91. The summed E-state index contributed by atoms with van der Waals surface area (Å²) in [5, 5.41) is 9.24. The Bertz CT molecular complexity index is 445. The molecule has 4 heteroatoms. The van der Waals surface area contributed by atoms with Crippen molar-refractivity contribution in [2.75, 3.05) is 11.9 Å². The minimum Gasteiger partial charge on any atom is -0.335 e. The lowest BCUT2D eigenvalue weighted by molar-refractivity contribution is 0.247. The molecular weight excluding hydrogens is 262 g/mol. The van der Waals surface area contributed by atoms with Gasteiger partial charge in [0.2, 0.25) is 0 Å². The van der Waals surface area contributed by atoms with Crippen molar-refractivity contribution < 1.29 is 4.79 Å². The van der Waals surface area contributed by atoms with Gasteiger partial charge in [-0.25, -0.2) is 4.79 Å². The van der Waals surface area contributed by atoms with Gasteiger partial charge in [0.15, 0.2) is 0 Å². The van der Waals surface area contributed by atoms with Gasteiger partial charge in [0.25, 0.3) is 0 Å². The lowest BCUT2D eigenvalue weighted by Gasteiger charge is -2.17. The van der Waals surface area contributed by atoms with E-state index in [1.54, 1.807) is 0 Å². The average Bonchev–Trinajstić information content (AvgIpc) is 2.37. The van der Waals surface area contributed by atoms with E-state index in [1.807, 2.05) is 25.1 Å². The number of hydrogen-bond acceptors (Lipinski definition) is 2. The second-order valence-corrected chi connectivity index (χ2v) is 6.03. The number of rotatable bonds is 7. The van der Waals surface area contributed by atoms with E-state index in [0.717, 1.165) is 18.7 Å². The van der Waals surface area contributed by atoms with Crippen LogP contribution in [-0.4, -0.2) is 18.6 Å². The lowest BCUT2D eigenvalue weighted by atomic mass is 10.1. The van der Waals surface area contributed by atoms with Crippen LogP contribution in [0.4, 0.5) is 10.5 Å². The third kappa shape index (κ3) is 6.63. The molecule has 0 aliphatic carbocycles. The molecule has 1 aromatic rings. The van der Waals surface area contributed by atoms with Gasteiger partial charge >= 0.3 is 6.03 Å². The third-order valence-electron chi connectivity index (χ3n) is 3.36. The van der Waals surface area contributed by atoms with Crippen molar-refractivity contribution in [1.82, 2.24) is 10.6 Å². The van der Waals surface area contributed by atoms with Gasteiger partial charge in [-0.2, -0.15) is 0 Å². The van der Waals surface area contributed by atoms with Crippen molar-refractivity contribution in [2.24, 2.45) is 5.92 Å². The van der Waals surface area contributed by atoms with Crippen molar-refractivity contribution in [3.63, 3.8) is 0 Å². The number of carbonyl (C=O) groups excluding carboxylic acids is 1. The van der Waals surface area contributed by atoms with Crippen LogP contribution >= 0.6 is 0 Å². The molecular formula is C17H29N3O. The third-order valence-corrected chi connectivity index (χ3v) is 3.36. The molecule has 0 saturated heterocycles. The molecule has 1 aromatic carbocycles. The number of amides is 2. The second-order valence-electron chi connectivity index (χ2n) is 6.03. The number of hydrogen-bond donors (Lipinski definition) is 3. The van der Waals surface area contributed by atoms with Gasteiger partial charge in [-0.15, -0.1) is 0 Å². The molecule has 21 heavy (non-hydrogen) atoms. The summed E-state index contributed by atoms with van der Waals surface area (Å²) in [7, 11) is 0. The molecule has 0 saturated carbocycles. The maximum absolute atomic E-state index is 12.0. The number of benzene rings is 1. The van der Waals surface area contributed by atoms with E-state index in [0.29, 0.717) is 5.92 Å². The smallest absolute Gasteiger partial charge is 0.319 e. The number of anilines is 1. The Morgan fingerprint density at radius 1 is 1.19 bits per heavy atom. The highest BCUT2D eigenvalue weighted by Crippen LogP contribution is 2.17. The topological polar surface area (TPSA) is 53.2 Å². The van der Waals surface area contributed by atoms with E-state index in [9.17, 15) is 4.79 Å². The highest BCUT2D eigenvalue weighted by molar-refractivity contribution is 5.89. The van der Waals surface area contributed by atoms with Gasteiger partial charge < -0.3 is 16.0 Å². The highest BCUT2D eigenvalue weighted by atomic mass is 16.2. The summed E-state index contributed by atoms with van der Waals surface area (Å²) in [6.45, 7) is 11.5. The molecule has 0 aliphatic rings. The monoisotopic (exact) mass is 291 g/mol. The number of urea groups is 1. The predicted molar refractivity (Wildman–Crippen MR) is 89.6 cm³/mol. The van der Waals surface area contributed by atoms with E-state index in [4.69, 9.17) is 0 Å². The summed E-state index contributed by atoms with van der Waals surface area (Å²) in [6.07, 6.45) is 0.977. The molecule has 118 valence electrons. The molecule has 0 spiro atoms. The first-order valence-electron chi connectivity index (χ1n) is 7.83. The van der Waals surface area contributed by atoms with Crippen LogP contribution in [0.15, 0.2) is 24.3 Å². The van der Waals surface area contributed by atoms with Crippen molar-refractivity contribution in [1.29, 1.82) is 0 Å². The van der Waals surface area contributed by atoms with Gasteiger partial charge in [0.05, 0.1) is 0 Å². The standard InChI is InChI=1S/C17H29N3O/c1-6-18-14(5)15-8-7-9-16(11-15)20-17(21)19-13(4)10-12(2)3/h7-9,11-14,18H,6,10H2,1-5H3,(H2,19,20,21). The van der Waals surface area contributed by atoms with Gasteiger partial charge in [0, 0.05) is 17.8 Å². The van der Waals surface area contributed by atoms with Crippen LogP contribution in [0, 0.1) is 5.92 Å². The van der Waals surface area contributed by atoms with Crippen LogP contribution in [0.3, 0.4) is 0 Å². The fourth-order valence-corrected chi connectivity index (χ4v) is 2.47. The molecule has 2 atom stereocenters. The van der Waals surface area contributed by atoms with Crippen LogP contribution in [0.25, 0.3) is 0 Å². The van der Waals surface area contributed by atoms with Crippen molar-refractivity contribution in [2.45, 2.75) is 53.1 Å². The maximum Gasteiger partial charge on any atom is 0.319 e. The molecule has 4 nitrogen and oxygen atoms in total.